The van der Waals surface area contributed by atoms with E-state index < -0.39 is 0 Å². The average molecular weight is 185 g/mol. The van der Waals surface area contributed by atoms with Crippen LogP contribution in [0.3, 0.4) is 0 Å². The van der Waals surface area contributed by atoms with E-state index in [0.717, 1.165) is 6.42 Å². The van der Waals surface area contributed by atoms with Gasteiger partial charge in [-0.05, 0) is 13.3 Å². The van der Waals surface area contributed by atoms with E-state index in [-0.39, 0.29) is 23.8 Å². The predicted molar refractivity (Wildman–Crippen MR) is 47.0 cm³/mol. The molecule has 13 heavy (non-hydrogen) atoms. The Balaban J connectivity index is 2.31. The van der Waals surface area contributed by atoms with Crippen molar-refractivity contribution in [1.82, 2.24) is 5.32 Å². The van der Waals surface area contributed by atoms with Crippen molar-refractivity contribution in [2.24, 2.45) is 5.92 Å². The second kappa shape index (κ2) is 4.25. The second-order valence-corrected chi connectivity index (χ2v) is 3.35. The fraction of sp³-hybridized carbons (Fsp3) is 0.778. The molecule has 1 amide bonds. The minimum atomic E-state index is -0.234. The monoisotopic (exact) mass is 185 g/mol. The van der Waals surface area contributed by atoms with Gasteiger partial charge in [-0.2, -0.15) is 0 Å². The molecule has 1 aliphatic heterocycles. The van der Waals surface area contributed by atoms with Crippen molar-refractivity contribution in [3.8, 4) is 0 Å². The number of carbonyl (C=O) groups is 2. The van der Waals surface area contributed by atoms with Gasteiger partial charge in [0, 0.05) is 12.0 Å². The lowest BCUT2D eigenvalue weighted by molar-refractivity contribution is -0.143. The second-order valence-electron chi connectivity index (χ2n) is 3.35. The standard InChI is InChI=1S/C9H15NO3/c1-3-13-8(11)5-7-4-6(2)9(12)10-7/h6-7H,3-5H2,1-2H3,(H,10,12)/t6?,7-/m1/s1. The molecule has 0 spiro atoms. The van der Waals surface area contributed by atoms with E-state index in [1.807, 2.05) is 6.92 Å². The highest BCUT2D eigenvalue weighted by Crippen LogP contribution is 2.16. The Morgan fingerprint density at radius 1 is 1.69 bits per heavy atom. The summed E-state index contributed by atoms with van der Waals surface area (Å²) < 4.78 is 4.78. The van der Waals surface area contributed by atoms with Crippen LogP contribution in [0.4, 0.5) is 0 Å². The molecule has 0 saturated carbocycles. The molecular weight excluding hydrogens is 170 g/mol. The van der Waals surface area contributed by atoms with Crippen molar-refractivity contribution in [3.05, 3.63) is 0 Å². The number of nitrogens with one attached hydrogen (secondary N) is 1. The topological polar surface area (TPSA) is 55.4 Å². The van der Waals surface area contributed by atoms with Gasteiger partial charge in [0.1, 0.15) is 0 Å². The Morgan fingerprint density at radius 2 is 2.38 bits per heavy atom. The number of amides is 1. The Labute approximate surface area is 77.6 Å². The van der Waals surface area contributed by atoms with Gasteiger partial charge in [0.15, 0.2) is 0 Å². The maximum Gasteiger partial charge on any atom is 0.307 e. The normalized spacial score (nSPS) is 27.1. The summed E-state index contributed by atoms with van der Waals surface area (Å²) in [5.74, 6) is -0.171. The maximum absolute atomic E-state index is 11.1. The van der Waals surface area contributed by atoms with Gasteiger partial charge in [-0.1, -0.05) is 6.92 Å². The van der Waals surface area contributed by atoms with Crippen molar-refractivity contribution < 1.29 is 14.3 Å². The van der Waals surface area contributed by atoms with Gasteiger partial charge in [-0.15, -0.1) is 0 Å². The summed E-state index contributed by atoms with van der Waals surface area (Å²) in [6, 6.07) is -0.0263. The van der Waals surface area contributed by atoms with Gasteiger partial charge in [0.25, 0.3) is 0 Å². The fourth-order valence-corrected chi connectivity index (χ4v) is 1.49. The molecule has 2 atom stereocenters. The largest absolute Gasteiger partial charge is 0.466 e. The average Bonchev–Trinajstić information content (AvgIpc) is 2.31. The molecule has 0 aromatic rings. The van der Waals surface area contributed by atoms with Crippen LogP contribution in [-0.4, -0.2) is 24.5 Å². The van der Waals surface area contributed by atoms with Crippen LogP contribution in [-0.2, 0) is 14.3 Å². The molecule has 74 valence electrons. The van der Waals surface area contributed by atoms with Crippen LogP contribution in [0.5, 0.6) is 0 Å². The Morgan fingerprint density at radius 3 is 2.85 bits per heavy atom. The third-order valence-corrected chi connectivity index (χ3v) is 2.15. The van der Waals surface area contributed by atoms with Crippen molar-refractivity contribution in [3.63, 3.8) is 0 Å². The highest BCUT2D eigenvalue weighted by molar-refractivity contribution is 5.82. The molecular formula is C9H15NO3. The summed E-state index contributed by atoms with van der Waals surface area (Å²) in [4.78, 5) is 22.1. The molecule has 0 aromatic heterocycles. The minimum Gasteiger partial charge on any atom is -0.466 e. The third-order valence-electron chi connectivity index (χ3n) is 2.15. The summed E-state index contributed by atoms with van der Waals surface area (Å²) in [5, 5.41) is 2.75. The number of esters is 1. The minimum absolute atomic E-state index is 0.0263. The summed E-state index contributed by atoms with van der Waals surface area (Å²) >= 11 is 0. The molecule has 1 saturated heterocycles. The summed E-state index contributed by atoms with van der Waals surface area (Å²) in [5.41, 5.74) is 0. The molecule has 0 radical (unpaired) electrons. The van der Waals surface area contributed by atoms with Crippen molar-refractivity contribution in [2.45, 2.75) is 32.7 Å². The fourth-order valence-electron chi connectivity index (χ4n) is 1.49. The molecule has 0 bridgehead atoms. The van der Waals surface area contributed by atoms with Gasteiger partial charge in [-0.25, -0.2) is 0 Å². The molecule has 0 aromatic carbocycles. The van der Waals surface area contributed by atoms with Crippen molar-refractivity contribution in [1.29, 1.82) is 0 Å². The summed E-state index contributed by atoms with van der Waals surface area (Å²) in [6.45, 7) is 4.03. The molecule has 4 nitrogen and oxygen atoms in total. The first kappa shape index (κ1) is 10.0. The van der Waals surface area contributed by atoms with Crippen LogP contribution in [0.15, 0.2) is 0 Å². The number of carbonyl (C=O) groups excluding carboxylic acids is 2. The van der Waals surface area contributed by atoms with Gasteiger partial charge in [-0.3, -0.25) is 9.59 Å². The first-order chi connectivity index (χ1) is 6.13. The maximum atomic E-state index is 11.1. The van der Waals surface area contributed by atoms with Crippen LogP contribution in [0.2, 0.25) is 0 Å². The Bertz CT molecular complexity index is 215. The van der Waals surface area contributed by atoms with E-state index in [1.54, 1.807) is 6.92 Å². The van der Waals surface area contributed by atoms with Crippen LogP contribution in [0, 0.1) is 5.92 Å². The van der Waals surface area contributed by atoms with Crippen molar-refractivity contribution in [2.75, 3.05) is 6.61 Å². The van der Waals surface area contributed by atoms with E-state index >= 15 is 0 Å². The van der Waals surface area contributed by atoms with E-state index in [4.69, 9.17) is 4.74 Å². The highest BCUT2D eigenvalue weighted by Gasteiger charge is 2.29. The van der Waals surface area contributed by atoms with Crippen LogP contribution < -0.4 is 5.32 Å². The van der Waals surface area contributed by atoms with Crippen LogP contribution >= 0.6 is 0 Å². The number of rotatable bonds is 3. The van der Waals surface area contributed by atoms with Crippen LogP contribution in [0.25, 0.3) is 0 Å². The zero-order valence-corrected chi connectivity index (χ0v) is 8.00. The first-order valence-electron chi connectivity index (χ1n) is 4.59. The van der Waals surface area contributed by atoms with Crippen molar-refractivity contribution >= 4 is 11.9 Å². The summed E-state index contributed by atoms with van der Waals surface area (Å²) in [6.07, 6.45) is 1.03. The molecule has 0 aliphatic carbocycles. The molecule has 1 fully saturated rings. The highest BCUT2D eigenvalue weighted by atomic mass is 16.5. The third kappa shape index (κ3) is 2.72. The van der Waals surface area contributed by atoms with Gasteiger partial charge in [0.05, 0.1) is 13.0 Å². The van der Waals surface area contributed by atoms with E-state index in [9.17, 15) is 9.59 Å². The number of ether oxygens (including phenoxy) is 1. The molecule has 1 aliphatic rings. The molecule has 1 heterocycles. The number of hydrogen-bond donors (Lipinski definition) is 1. The Hall–Kier alpha value is -1.06. The first-order valence-corrected chi connectivity index (χ1v) is 4.59. The van der Waals surface area contributed by atoms with Gasteiger partial charge < -0.3 is 10.1 Å². The molecule has 4 heteroatoms. The quantitative estimate of drug-likeness (QED) is 0.650. The van der Waals surface area contributed by atoms with Gasteiger partial charge in [0.2, 0.25) is 5.91 Å². The predicted octanol–water partition coefficient (Wildman–Crippen LogP) is 0.464. The zero-order valence-electron chi connectivity index (χ0n) is 8.00. The zero-order chi connectivity index (χ0) is 9.84. The SMILES string of the molecule is CCOC(=O)C[C@H]1CC(C)C(=O)N1. The van der Waals surface area contributed by atoms with E-state index in [2.05, 4.69) is 5.32 Å². The molecule has 1 N–H and O–H groups in total. The van der Waals surface area contributed by atoms with E-state index in [0.29, 0.717) is 13.0 Å². The Kier molecular flexibility index (Phi) is 3.28. The summed E-state index contributed by atoms with van der Waals surface area (Å²) in [7, 11) is 0. The number of hydrogen-bond acceptors (Lipinski definition) is 3. The smallest absolute Gasteiger partial charge is 0.307 e. The van der Waals surface area contributed by atoms with E-state index in [1.165, 1.54) is 0 Å². The lowest BCUT2D eigenvalue weighted by atomic mass is 10.1. The molecule has 1 rings (SSSR count). The van der Waals surface area contributed by atoms with Crippen LogP contribution in [0.1, 0.15) is 26.7 Å². The van der Waals surface area contributed by atoms with Gasteiger partial charge >= 0.3 is 5.97 Å². The lowest BCUT2D eigenvalue weighted by Gasteiger charge is -2.07. The molecule has 1 unspecified atom stereocenters. The lowest BCUT2D eigenvalue weighted by Crippen LogP contribution is -2.28.